The molecule has 15 nitrogen and oxygen atoms in total. The quantitative estimate of drug-likeness (QED) is 0.107. The van der Waals surface area contributed by atoms with E-state index in [1.54, 1.807) is 29.1 Å². The smallest absolute Gasteiger partial charge is 0.379 e. The Hall–Kier alpha value is -4.72. The van der Waals surface area contributed by atoms with Crippen molar-refractivity contribution in [3.8, 4) is 0 Å². The van der Waals surface area contributed by atoms with Crippen molar-refractivity contribution in [3.63, 3.8) is 0 Å². The number of benzene rings is 2. The zero-order valence-electron chi connectivity index (χ0n) is 39.2. The van der Waals surface area contributed by atoms with Crippen LogP contribution in [0.2, 0.25) is 0 Å². The number of hydrogen-bond donors (Lipinski definition) is 4. The van der Waals surface area contributed by atoms with E-state index in [2.05, 4.69) is 15.4 Å². The Morgan fingerprint density at radius 2 is 1.52 bits per heavy atom. The van der Waals surface area contributed by atoms with Crippen LogP contribution in [0, 0.1) is 17.8 Å². The topological polar surface area (TPSA) is 179 Å². The normalized spacial score (nSPS) is 17.3. The summed E-state index contributed by atoms with van der Waals surface area (Å²) in [6.07, 6.45) is -4.40. The molecule has 0 radical (unpaired) electrons. The van der Waals surface area contributed by atoms with Crippen LogP contribution in [0.25, 0.3) is 0 Å². The number of carbonyl (C=O) groups excluding carboxylic acids is 6. The van der Waals surface area contributed by atoms with Crippen molar-refractivity contribution < 1.29 is 51.4 Å². The summed E-state index contributed by atoms with van der Waals surface area (Å²) in [6, 6.07) is 12.5. The molecule has 8 unspecified atom stereocenters. The summed E-state index contributed by atoms with van der Waals surface area (Å²) in [5, 5.41) is 7.48. The summed E-state index contributed by atoms with van der Waals surface area (Å²) in [5.74, 6) is -4.42. The first-order valence-corrected chi connectivity index (χ1v) is 22.9. The summed E-state index contributed by atoms with van der Waals surface area (Å²) in [6.45, 7) is 9.77. The third-order valence-electron chi connectivity index (χ3n) is 12.0. The molecule has 65 heavy (non-hydrogen) atoms. The van der Waals surface area contributed by atoms with Crippen LogP contribution in [0.5, 0.6) is 0 Å². The van der Waals surface area contributed by atoms with Gasteiger partial charge in [0, 0.05) is 45.7 Å². The first-order chi connectivity index (χ1) is 30.6. The van der Waals surface area contributed by atoms with Gasteiger partial charge in [-0.2, -0.15) is 13.2 Å². The molecule has 0 saturated carbocycles. The molecule has 362 valence electrons. The Morgan fingerprint density at radius 3 is 2.08 bits per heavy atom. The molecule has 0 bridgehead atoms. The SMILES string of the molecule is CCC(C)C(C(CC(=O)N1CCCC1C(OC)C(C)C(=O)NC(Cc1ccccc1)C(=O)NSCc1ccc(NC(=O)C(F)(F)F)cc1)OC)N(C)C(=O)CNC(=O)C(C(C)C)N(C)C. The highest BCUT2D eigenvalue weighted by atomic mass is 32.2. The number of anilines is 1. The van der Waals surface area contributed by atoms with E-state index in [-0.39, 0.29) is 60.4 Å². The lowest BCUT2D eigenvalue weighted by Gasteiger charge is -2.39. The number of hydrogen-bond acceptors (Lipinski definition) is 10. The first kappa shape index (κ1) is 54.6. The van der Waals surface area contributed by atoms with E-state index in [0.717, 1.165) is 17.5 Å². The van der Waals surface area contributed by atoms with Gasteiger partial charge in [-0.25, -0.2) is 0 Å². The molecule has 0 aliphatic carbocycles. The molecular formula is C46H68F3N7O8S. The molecule has 1 aliphatic rings. The second-order valence-electron chi connectivity index (χ2n) is 17.2. The standard InChI is InChI=1S/C46H68F3N7O8S/c1-11-29(4)40(55(8)38(58)26-50-44(61)39(28(2)3)54(6)7)36(63-9)25-37(57)56-23-15-18-35(56)41(64-10)30(5)42(59)52-34(24-31-16-13-12-14-17-31)43(60)53-65-27-32-19-21-33(22-20-32)51-45(62)46(47,48)49/h12-14,16-17,19-22,28-30,34-36,39-41H,11,15,18,23-27H2,1-10H3,(H,50,61)(H,51,62)(H,52,59)(H,53,60). The number of rotatable bonds is 24. The molecule has 2 aromatic rings. The molecule has 1 fully saturated rings. The number of ether oxygens (including phenoxy) is 2. The van der Waals surface area contributed by atoms with E-state index in [9.17, 15) is 41.9 Å². The lowest BCUT2D eigenvalue weighted by atomic mass is 9.90. The van der Waals surface area contributed by atoms with Crippen LogP contribution in [0.15, 0.2) is 54.6 Å². The van der Waals surface area contributed by atoms with Gasteiger partial charge in [0.05, 0.1) is 49.2 Å². The number of carbonyl (C=O) groups is 6. The highest BCUT2D eigenvalue weighted by Crippen LogP contribution is 2.30. The molecule has 0 aromatic heterocycles. The minimum Gasteiger partial charge on any atom is -0.379 e. The van der Waals surface area contributed by atoms with Gasteiger partial charge in [0.1, 0.15) is 6.04 Å². The van der Waals surface area contributed by atoms with E-state index < -0.39 is 66.2 Å². The Morgan fingerprint density at radius 1 is 0.877 bits per heavy atom. The molecule has 19 heteroatoms. The molecule has 3 rings (SSSR count). The molecule has 1 aliphatic heterocycles. The number of methoxy groups -OCH3 is 2. The fourth-order valence-corrected chi connectivity index (χ4v) is 9.08. The zero-order valence-corrected chi connectivity index (χ0v) is 40.0. The monoisotopic (exact) mass is 935 g/mol. The lowest BCUT2D eigenvalue weighted by molar-refractivity contribution is -0.167. The van der Waals surface area contributed by atoms with Crippen molar-refractivity contribution in [1.82, 2.24) is 30.1 Å². The summed E-state index contributed by atoms with van der Waals surface area (Å²) >= 11 is 1.03. The number of alkyl halides is 3. The Labute approximate surface area is 385 Å². The van der Waals surface area contributed by atoms with E-state index in [1.165, 1.54) is 38.5 Å². The van der Waals surface area contributed by atoms with Gasteiger partial charge < -0.3 is 35.2 Å². The number of likely N-dealkylation sites (tertiary alicyclic amines) is 1. The van der Waals surface area contributed by atoms with Crippen LogP contribution in [-0.2, 0) is 50.4 Å². The maximum absolute atomic E-state index is 14.2. The van der Waals surface area contributed by atoms with Crippen molar-refractivity contribution in [2.24, 2.45) is 17.8 Å². The summed E-state index contributed by atoms with van der Waals surface area (Å²) in [7, 11) is 8.28. The molecule has 6 amide bonds. The predicted octanol–water partition coefficient (Wildman–Crippen LogP) is 4.80. The van der Waals surface area contributed by atoms with Gasteiger partial charge in [0.25, 0.3) is 5.91 Å². The third-order valence-corrected chi connectivity index (χ3v) is 12.8. The number of halogens is 3. The molecule has 4 N–H and O–H groups in total. The van der Waals surface area contributed by atoms with E-state index in [4.69, 9.17) is 9.47 Å². The third kappa shape index (κ3) is 16.0. The number of likely N-dealkylation sites (N-methyl/N-ethyl adjacent to an activating group) is 2. The van der Waals surface area contributed by atoms with Crippen molar-refractivity contribution in [1.29, 1.82) is 0 Å². The van der Waals surface area contributed by atoms with Gasteiger partial charge >= 0.3 is 12.1 Å². The van der Waals surface area contributed by atoms with Gasteiger partial charge in [-0.3, -0.25) is 38.4 Å². The predicted molar refractivity (Wildman–Crippen MR) is 244 cm³/mol. The van der Waals surface area contributed by atoms with Gasteiger partial charge in [-0.1, -0.05) is 83.5 Å². The second-order valence-corrected chi connectivity index (χ2v) is 18.0. The number of nitrogens with one attached hydrogen (secondary N) is 4. The molecule has 0 spiro atoms. The minimum atomic E-state index is -5.02. The van der Waals surface area contributed by atoms with E-state index in [0.29, 0.717) is 31.4 Å². The van der Waals surface area contributed by atoms with Gasteiger partial charge in [0.15, 0.2) is 0 Å². The number of nitrogens with zero attached hydrogens (tertiary/aromatic N) is 3. The Kier molecular flexibility index (Phi) is 21.7. The summed E-state index contributed by atoms with van der Waals surface area (Å²) < 4.78 is 52.6. The number of amides is 6. The summed E-state index contributed by atoms with van der Waals surface area (Å²) in [5.41, 5.74) is 1.42. The van der Waals surface area contributed by atoms with Gasteiger partial charge in [-0.05, 0) is 74.0 Å². The van der Waals surface area contributed by atoms with Crippen LogP contribution in [0.4, 0.5) is 18.9 Å². The molecule has 1 heterocycles. The van der Waals surface area contributed by atoms with Gasteiger partial charge in [0.2, 0.25) is 23.6 Å². The van der Waals surface area contributed by atoms with Crippen molar-refractivity contribution >= 4 is 53.1 Å². The maximum Gasteiger partial charge on any atom is 0.471 e. The molecule has 1 saturated heterocycles. The minimum absolute atomic E-state index is 0.0267. The van der Waals surface area contributed by atoms with E-state index >= 15 is 0 Å². The fourth-order valence-electron chi connectivity index (χ4n) is 8.36. The van der Waals surface area contributed by atoms with Crippen LogP contribution < -0.4 is 20.7 Å². The Bertz CT molecular complexity index is 1870. The first-order valence-electron chi connectivity index (χ1n) is 21.9. The average molecular weight is 936 g/mol. The van der Waals surface area contributed by atoms with Crippen LogP contribution in [-0.4, -0.2) is 141 Å². The van der Waals surface area contributed by atoms with Crippen molar-refractivity contribution in [2.75, 3.05) is 53.8 Å². The summed E-state index contributed by atoms with van der Waals surface area (Å²) in [4.78, 5) is 84.9. The van der Waals surface area contributed by atoms with E-state index in [1.807, 2.05) is 77.0 Å². The van der Waals surface area contributed by atoms with Gasteiger partial charge in [-0.15, -0.1) is 0 Å². The highest BCUT2D eigenvalue weighted by molar-refractivity contribution is 7.97. The molecule has 8 atom stereocenters. The van der Waals surface area contributed by atoms with Crippen LogP contribution in [0.3, 0.4) is 0 Å². The molecule has 2 aromatic carbocycles. The zero-order chi connectivity index (χ0) is 48.6. The van der Waals surface area contributed by atoms with Crippen molar-refractivity contribution in [2.45, 2.75) is 115 Å². The van der Waals surface area contributed by atoms with Crippen molar-refractivity contribution in [3.05, 3.63) is 65.7 Å². The average Bonchev–Trinajstić information content (AvgIpc) is 3.75. The fraction of sp³-hybridized carbons (Fsp3) is 0.609. The second kappa shape index (κ2) is 25.8. The molecular weight excluding hydrogens is 868 g/mol. The maximum atomic E-state index is 14.2. The highest BCUT2D eigenvalue weighted by Gasteiger charge is 2.43. The Balaban J connectivity index is 1.71. The largest absolute Gasteiger partial charge is 0.471 e. The van der Waals surface area contributed by atoms with Crippen LogP contribution in [0.1, 0.15) is 71.4 Å². The lowest BCUT2D eigenvalue weighted by Crippen LogP contribution is -2.55. The van der Waals surface area contributed by atoms with Crippen LogP contribution >= 0.6 is 11.9 Å².